The molecule has 0 bridgehead atoms. The van der Waals surface area contributed by atoms with Crippen molar-refractivity contribution in [2.24, 2.45) is 5.92 Å². The van der Waals surface area contributed by atoms with Gasteiger partial charge in [-0.3, -0.25) is 4.90 Å². The molecule has 2 aromatic carbocycles. The maximum Gasteiger partial charge on any atom is 0.414 e. The number of benzene rings is 2. The zero-order valence-corrected chi connectivity index (χ0v) is 19.1. The molecule has 0 aliphatic carbocycles. The first-order chi connectivity index (χ1) is 14.8. The molecule has 1 aliphatic rings. The summed E-state index contributed by atoms with van der Waals surface area (Å²) < 4.78 is 12.9. The molecule has 3 aromatic rings. The van der Waals surface area contributed by atoms with Crippen LogP contribution in [0.3, 0.4) is 0 Å². The molecular formula is C25H27NO4S. The van der Waals surface area contributed by atoms with Crippen LogP contribution in [0.4, 0.5) is 10.5 Å². The van der Waals surface area contributed by atoms with Gasteiger partial charge in [0.2, 0.25) is 0 Å². The van der Waals surface area contributed by atoms with Crippen LogP contribution in [0.2, 0.25) is 0 Å². The molecule has 0 saturated carbocycles. The van der Waals surface area contributed by atoms with E-state index in [-0.39, 0.29) is 5.92 Å². The highest BCUT2D eigenvalue weighted by Gasteiger charge is 2.34. The molecule has 0 N–H and O–H groups in total. The summed E-state index contributed by atoms with van der Waals surface area (Å²) in [5.41, 5.74) is 3.35. The number of aryl methyl sites for hydroxylation is 1. The van der Waals surface area contributed by atoms with Gasteiger partial charge in [0.1, 0.15) is 24.2 Å². The van der Waals surface area contributed by atoms with Crippen LogP contribution in [0, 0.1) is 12.8 Å². The predicted octanol–water partition coefficient (Wildman–Crippen LogP) is 5.90. The van der Waals surface area contributed by atoms with Crippen molar-refractivity contribution in [1.82, 2.24) is 0 Å². The van der Waals surface area contributed by atoms with Gasteiger partial charge >= 0.3 is 6.09 Å². The highest BCUT2D eigenvalue weighted by Crippen LogP contribution is 2.45. The molecule has 2 heterocycles. The van der Waals surface area contributed by atoms with E-state index < -0.39 is 11.7 Å². The summed E-state index contributed by atoms with van der Waals surface area (Å²) in [6.45, 7) is 8.32. The SMILES string of the molecule is Cc1csc2c(OCc3ccccc3)cc3c(c12)CC(C=O)CN3C(=O)OC(C)(C)C. The number of hydrogen-bond acceptors (Lipinski definition) is 5. The number of thiophene rings is 1. The van der Waals surface area contributed by atoms with Gasteiger partial charge in [-0.1, -0.05) is 30.3 Å². The molecule has 0 spiro atoms. The van der Waals surface area contributed by atoms with Crippen LogP contribution in [0.15, 0.2) is 41.8 Å². The lowest BCUT2D eigenvalue weighted by Crippen LogP contribution is -2.43. The molecule has 1 unspecified atom stereocenters. The number of hydrogen-bond donors (Lipinski definition) is 0. The Bertz CT molecular complexity index is 1110. The van der Waals surface area contributed by atoms with E-state index in [4.69, 9.17) is 9.47 Å². The highest BCUT2D eigenvalue weighted by atomic mass is 32.1. The van der Waals surface area contributed by atoms with Crippen molar-refractivity contribution < 1.29 is 19.1 Å². The summed E-state index contributed by atoms with van der Waals surface area (Å²) in [7, 11) is 0. The van der Waals surface area contributed by atoms with Gasteiger partial charge in [-0.15, -0.1) is 11.3 Å². The van der Waals surface area contributed by atoms with E-state index in [0.29, 0.717) is 19.6 Å². The molecule has 0 radical (unpaired) electrons. The van der Waals surface area contributed by atoms with Crippen molar-refractivity contribution in [3.63, 3.8) is 0 Å². The quantitative estimate of drug-likeness (QED) is 0.477. The molecule has 31 heavy (non-hydrogen) atoms. The number of nitrogens with zero attached hydrogens (tertiary/aromatic N) is 1. The molecule has 0 saturated heterocycles. The standard InChI is InChI=1S/C25H27NO4S/c1-16-15-31-23-21(29-14-17-8-6-5-7-9-17)11-20-19(22(16)23)10-18(13-27)12-26(20)24(28)30-25(2,3)4/h5-9,11,13,15,18H,10,12,14H2,1-4H3. The number of carbonyl (C=O) groups excluding carboxylic acids is 2. The maximum absolute atomic E-state index is 13.0. The Kier molecular flexibility index (Phi) is 5.75. The average Bonchev–Trinajstić information content (AvgIpc) is 3.13. The normalized spacial score (nSPS) is 16.1. The number of fused-ring (bicyclic) bond motifs is 3. The topological polar surface area (TPSA) is 55.8 Å². The lowest BCUT2D eigenvalue weighted by atomic mass is 9.90. The van der Waals surface area contributed by atoms with Crippen LogP contribution < -0.4 is 9.64 Å². The third-order valence-corrected chi connectivity index (χ3v) is 6.41. The van der Waals surface area contributed by atoms with E-state index in [1.165, 1.54) is 0 Å². The summed E-state index contributed by atoms with van der Waals surface area (Å²) in [5, 5.41) is 3.17. The van der Waals surface area contributed by atoms with E-state index in [2.05, 4.69) is 12.3 Å². The van der Waals surface area contributed by atoms with Gasteiger partial charge in [0, 0.05) is 23.9 Å². The van der Waals surface area contributed by atoms with Crippen molar-refractivity contribution in [2.75, 3.05) is 11.4 Å². The molecule has 6 heteroatoms. The summed E-state index contributed by atoms with van der Waals surface area (Å²) in [4.78, 5) is 26.3. The minimum Gasteiger partial charge on any atom is -0.487 e. The molecule has 4 rings (SSSR count). The lowest BCUT2D eigenvalue weighted by molar-refractivity contribution is -0.110. The maximum atomic E-state index is 13.0. The van der Waals surface area contributed by atoms with Gasteiger partial charge in [0.15, 0.2) is 0 Å². The molecule has 5 nitrogen and oxygen atoms in total. The van der Waals surface area contributed by atoms with Crippen LogP contribution in [0.1, 0.15) is 37.5 Å². The van der Waals surface area contributed by atoms with Gasteiger partial charge in [0.05, 0.1) is 10.4 Å². The van der Waals surface area contributed by atoms with E-state index >= 15 is 0 Å². The van der Waals surface area contributed by atoms with Gasteiger partial charge in [0.25, 0.3) is 0 Å². The smallest absolute Gasteiger partial charge is 0.414 e. The van der Waals surface area contributed by atoms with Crippen molar-refractivity contribution in [3.8, 4) is 5.75 Å². The summed E-state index contributed by atoms with van der Waals surface area (Å²) in [5.74, 6) is 0.479. The fourth-order valence-electron chi connectivity index (χ4n) is 3.94. The second kappa shape index (κ2) is 8.35. The third-order valence-electron chi connectivity index (χ3n) is 5.30. The molecule has 1 amide bonds. The Morgan fingerprint density at radius 2 is 2.00 bits per heavy atom. The third kappa shape index (κ3) is 4.44. The Morgan fingerprint density at radius 1 is 1.26 bits per heavy atom. The molecule has 1 aromatic heterocycles. The van der Waals surface area contributed by atoms with Gasteiger partial charge in [-0.05, 0) is 56.2 Å². The Morgan fingerprint density at radius 3 is 2.68 bits per heavy atom. The lowest BCUT2D eigenvalue weighted by Gasteiger charge is -2.34. The van der Waals surface area contributed by atoms with Crippen LogP contribution in [0.5, 0.6) is 5.75 Å². The molecule has 1 aliphatic heterocycles. The largest absolute Gasteiger partial charge is 0.487 e. The minimum atomic E-state index is -0.625. The number of aldehydes is 1. The fourth-order valence-corrected chi connectivity index (χ4v) is 4.98. The first-order valence-electron chi connectivity index (χ1n) is 10.4. The monoisotopic (exact) mass is 437 g/mol. The van der Waals surface area contributed by atoms with Gasteiger partial charge < -0.3 is 14.3 Å². The van der Waals surface area contributed by atoms with Crippen LogP contribution in [-0.4, -0.2) is 24.5 Å². The Labute approximate surface area is 186 Å². The molecular weight excluding hydrogens is 410 g/mol. The molecule has 0 fully saturated rings. The van der Waals surface area contributed by atoms with Crippen molar-refractivity contribution in [3.05, 3.63) is 58.5 Å². The number of carbonyl (C=O) groups is 2. The van der Waals surface area contributed by atoms with Gasteiger partial charge in [-0.2, -0.15) is 0 Å². The van der Waals surface area contributed by atoms with Crippen LogP contribution >= 0.6 is 11.3 Å². The minimum absolute atomic E-state index is 0.265. The van der Waals surface area contributed by atoms with Crippen LogP contribution in [0.25, 0.3) is 10.1 Å². The number of ether oxygens (including phenoxy) is 2. The number of rotatable bonds is 4. The second-order valence-electron chi connectivity index (χ2n) is 8.96. The second-order valence-corrected chi connectivity index (χ2v) is 9.84. The molecule has 1 atom stereocenters. The van der Waals surface area contributed by atoms with E-state index in [0.717, 1.165) is 44.5 Å². The first kappa shape index (κ1) is 21.4. The Balaban J connectivity index is 1.79. The summed E-state index contributed by atoms with van der Waals surface area (Å²) in [6.07, 6.45) is 1.10. The Hall–Kier alpha value is -2.86. The summed E-state index contributed by atoms with van der Waals surface area (Å²) in [6, 6.07) is 11.9. The van der Waals surface area contributed by atoms with E-state index in [1.54, 1.807) is 16.2 Å². The number of amides is 1. The predicted molar refractivity (Wildman–Crippen MR) is 124 cm³/mol. The van der Waals surface area contributed by atoms with Crippen molar-refractivity contribution >= 4 is 39.5 Å². The zero-order valence-electron chi connectivity index (χ0n) is 18.3. The van der Waals surface area contributed by atoms with Crippen molar-refractivity contribution in [1.29, 1.82) is 0 Å². The van der Waals surface area contributed by atoms with Crippen LogP contribution in [-0.2, 0) is 22.6 Å². The first-order valence-corrected chi connectivity index (χ1v) is 11.3. The van der Waals surface area contributed by atoms with E-state index in [1.807, 2.05) is 57.2 Å². The summed E-state index contributed by atoms with van der Waals surface area (Å²) >= 11 is 1.63. The fraction of sp³-hybridized carbons (Fsp3) is 0.360. The molecule has 162 valence electrons. The van der Waals surface area contributed by atoms with Crippen molar-refractivity contribution in [2.45, 2.75) is 46.3 Å². The number of anilines is 1. The van der Waals surface area contributed by atoms with E-state index in [9.17, 15) is 9.59 Å². The highest BCUT2D eigenvalue weighted by molar-refractivity contribution is 7.17. The average molecular weight is 438 g/mol. The zero-order chi connectivity index (χ0) is 22.2. The van der Waals surface area contributed by atoms with Gasteiger partial charge in [-0.25, -0.2) is 4.79 Å².